The van der Waals surface area contributed by atoms with Crippen molar-refractivity contribution >= 4 is 5.97 Å². The molecule has 86 valence electrons. The van der Waals surface area contributed by atoms with Crippen LogP contribution in [0.5, 0.6) is 0 Å². The van der Waals surface area contributed by atoms with Crippen LogP contribution in [0.15, 0.2) is 30.3 Å². The molecule has 0 saturated heterocycles. The van der Waals surface area contributed by atoms with Crippen molar-refractivity contribution in [1.82, 2.24) is 0 Å². The molecule has 0 heterocycles. The van der Waals surface area contributed by atoms with E-state index in [4.69, 9.17) is 0 Å². The molecule has 3 atom stereocenters. The van der Waals surface area contributed by atoms with Gasteiger partial charge in [-0.2, -0.15) is 0 Å². The number of hydrogen-bond donors (Lipinski definition) is 2. The van der Waals surface area contributed by atoms with Crippen molar-refractivity contribution < 1.29 is 15.0 Å². The Hall–Kier alpha value is -1.35. The number of hydrogen-bond acceptors (Lipinski definition) is 2. The first kappa shape index (κ1) is 11.1. The Kier molecular flexibility index (Phi) is 2.72. The molecule has 1 aromatic rings. The van der Waals surface area contributed by atoms with Gasteiger partial charge in [-0.05, 0) is 18.4 Å². The molecule has 0 spiro atoms. The van der Waals surface area contributed by atoms with Crippen LogP contribution in [0.2, 0.25) is 0 Å². The second-order valence-electron chi connectivity index (χ2n) is 4.54. The summed E-state index contributed by atoms with van der Waals surface area (Å²) in [7, 11) is 0. The Morgan fingerprint density at radius 1 is 1.38 bits per heavy atom. The number of benzene rings is 1. The van der Waals surface area contributed by atoms with E-state index in [2.05, 4.69) is 0 Å². The molecule has 0 unspecified atom stereocenters. The Balaban J connectivity index is 2.50. The van der Waals surface area contributed by atoms with Crippen molar-refractivity contribution in [2.75, 3.05) is 0 Å². The Morgan fingerprint density at radius 3 is 2.44 bits per heavy atom. The molecule has 1 aliphatic rings. The topological polar surface area (TPSA) is 57.5 Å². The predicted molar refractivity (Wildman–Crippen MR) is 60.2 cm³/mol. The molecule has 1 saturated carbocycles. The van der Waals surface area contributed by atoms with Gasteiger partial charge in [0, 0.05) is 5.92 Å². The van der Waals surface area contributed by atoms with Crippen LogP contribution in [0, 0.1) is 5.92 Å². The number of carboxylic acid groups (broad SMARTS) is 1. The van der Waals surface area contributed by atoms with E-state index in [-0.39, 0.29) is 5.92 Å². The first-order chi connectivity index (χ1) is 7.59. The third kappa shape index (κ3) is 1.43. The van der Waals surface area contributed by atoms with Crippen LogP contribution >= 0.6 is 0 Å². The minimum absolute atomic E-state index is 0.243. The maximum atomic E-state index is 11.6. The highest BCUT2D eigenvalue weighted by molar-refractivity contribution is 5.82. The van der Waals surface area contributed by atoms with Gasteiger partial charge in [0.05, 0.1) is 11.5 Å². The smallest absolute Gasteiger partial charge is 0.314 e. The first-order valence-corrected chi connectivity index (χ1v) is 5.56. The van der Waals surface area contributed by atoms with Crippen molar-refractivity contribution in [3.63, 3.8) is 0 Å². The summed E-state index contributed by atoms with van der Waals surface area (Å²) < 4.78 is 0. The van der Waals surface area contributed by atoms with Gasteiger partial charge in [-0.1, -0.05) is 37.3 Å². The lowest BCUT2D eigenvalue weighted by atomic mass is 9.72. The van der Waals surface area contributed by atoms with E-state index < -0.39 is 17.5 Å². The van der Waals surface area contributed by atoms with Crippen LogP contribution in [0.1, 0.15) is 25.3 Å². The summed E-state index contributed by atoms with van der Waals surface area (Å²) in [5, 5.41) is 19.3. The predicted octanol–water partition coefficient (Wildman–Crippen LogP) is 1.80. The molecule has 3 heteroatoms. The summed E-state index contributed by atoms with van der Waals surface area (Å²) in [6, 6.07) is 9.23. The van der Waals surface area contributed by atoms with Gasteiger partial charge >= 0.3 is 5.97 Å². The molecule has 1 fully saturated rings. The van der Waals surface area contributed by atoms with Crippen molar-refractivity contribution in [2.45, 2.75) is 31.3 Å². The number of aliphatic hydroxyl groups excluding tert-OH is 1. The van der Waals surface area contributed by atoms with Gasteiger partial charge in [0.15, 0.2) is 0 Å². The van der Waals surface area contributed by atoms with Gasteiger partial charge in [0.2, 0.25) is 0 Å². The molecule has 16 heavy (non-hydrogen) atoms. The molecule has 0 radical (unpaired) electrons. The van der Waals surface area contributed by atoms with Crippen LogP contribution in [-0.2, 0) is 10.2 Å². The molecule has 0 amide bonds. The van der Waals surface area contributed by atoms with Crippen molar-refractivity contribution in [3.8, 4) is 0 Å². The average molecular weight is 220 g/mol. The summed E-state index contributed by atoms with van der Waals surface area (Å²) >= 11 is 0. The summed E-state index contributed by atoms with van der Waals surface area (Å²) in [6.45, 7) is 1.82. The number of rotatable bonds is 2. The van der Waals surface area contributed by atoms with Crippen molar-refractivity contribution in [2.24, 2.45) is 5.92 Å². The Labute approximate surface area is 94.7 Å². The van der Waals surface area contributed by atoms with Gasteiger partial charge in [-0.15, -0.1) is 0 Å². The number of carbonyl (C=O) groups is 1. The second kappa shape index (κ2) is 3.91. The zero-order valence-electron chi connectivity index (χ0n) is 9.26. The lowest BCUT2D eigenvalue weighted by Crippen LogP contribution is -2.40. The Bertz CT molecular complexity index is 387. The highest BCUT2D eigenvalue weighted by Crippen LogP contribution is 2.45. The molecule has 0 aromatic heterocycles. The summed E-state index contributed by atoms with van der Waals surface area (Å²) in [5.41, 5.74) is -0.118. The molecule has 3 nitrogen and oxygen atoms in total. The fraction of sp³-hybridized carbons (Fsp3) is 0.462. The zero-order chi connectivity index (χ0) is 11.8. The molecule has 1 aliphatic carbocycles. The van der Waals surface area contributed by atoms with E-state index in [1.807, 2.05) is 37.3 Å². The van der Waals surface area contributed by atoms with Crippen molar-refractivity contribution in [3.05, 3.63) is 35.9 Å². The van der Waals surface area contributed by atoms with E-state index in [1.165, 1.54) is 0 Å². The molecule has 0 bridgehead atoms. The largest absolute Gasteiger partial charge is 0.481 e. The van der Waals surface area contributed by atoms with Gasteiger partial charge in [0.25, 0.3) is 0 Å². The van der Waals surface area contributed by atoms with Crippen LogP contribution < -0.4 is 0 Å². The summed E-state index contributed by atoms with van der Waals surface area (Å²) in [6.07, 6.45) is 0.549. The third-order valence-electron chi connectivity index (χ3n) is 3.86. The van der Waals surface area contributed by atoms with E-state index in [9.17, 15) is 15.0 Å². The van der Waals surface area contributed by atoms with Gasteiger partial charge in [-0.25, -0.2) is 0 Å². The van der Waals surface area contributed by atoms with E-state index >= 15 is 0 Å². The van der Waals surface area contributed by atoms with Gasteiger partial charge in [-0.3, -0.25) is 4.79 Å². The van der Waals surface area contributed by atoms with E-state index in [0.717, 1.165) is 5.56 Å². The quantitative estimate of drug-likeness (QED) is 0.799. The average Bonchev–Trinajstić information content (AvgIpc) is 2.59. The second-order valence-corrected chi connectivity index (χ2v) is 4.54. The minimum Gasteiger partial charge on any atom is -0.481 e. The molecular weight excluding hydrogens is 204 g/mol. The molecule has 0 aliphatic heterocycles. The monoisotopic (exact) mass is 220 g/mol. The number of aliphatic carboxylic acids is 1. The molecule has 2 rings (SSSR count). The first-order valence-electron chi connectivity index (χ1n) is 5.56. The van der Waals surface area contributed by atoms with Gasteiger partial charge < -0.3 is 10.2 Å². The maximum absolute atomic E-state index is 11.6. The lowest BCUT2D eigenvalue weighted by Gasteiger charge is -2.30. The number of carboxylic acids is 1. The summed E-state index contributed by atoms with van der Waals surface area (Å²) in [4.78, 5) is 11.6. The van der Waals surface area contributed by atoms with Crippen LogP contribution in [0.3, 0.4) is 0 Å². The van der Waals surface area contributed by atoms with Crippen LogP contribution in [0.4, 0.5) is 0 Å². The normalized spacial score (nSPS) is 33.9. The molecular formula is C13H16O3. The van der Waals surface area contributed by atoms with Crippen LogP contribution in [-0.4, -0.2) is 22.3 Å². The maximum Gasteiger partial charge on any atom is 0.314 e. The van der Waals surface area contributed by atoms with E-state index in [1.54, 1.807) is 0 Å². The van der Waals surface area contributed by atoms with Crippen LogP contribution in [0.25, 0.3) is 0 Å². The third-order valence-corrected chi connectivity index (χ3v) is 3.86. The highest BCUT2D eigenvalue weighted by atomic mass is 16.4. The SMILES string of the molecule is C[C@H]1[C@H](O)CC[C@@]1(C(=O)O)c1ccccc1. The molecule has 1 aromatic carbocycles. The fourth-order valence-corrected chi connectivity index (χ4v) is 2.75. The Morgan fingerprint density at radius 2 is 2.00 bits per heavy atom. The molecule has 2 N–H and O–H groups in total. The lowest BCUT2D eigenvalue weighted by molar-refractivity contribution is -0.146. The van der Waals surface area contributed by atoms with Gasteiger partial charge in [0.1, 0.15) is 0 Å². The number of aliphatic hydroxyl groups is 1. The zero-order valence-corrected chi connectivity index (χ0v) is 9.26. The fourth-order valence-electron chi connectivity index (χ4n) is 2.75. The summed E-state index contributed by atoms with van der Waals surface area (Å²) in [5.74, 6) is -1.07. The standard InChI is InChI=1S/C13H16O3/c1-9-11(14)7-8-13(9,12(15)16)10-5-3-2-4-6-10/h2-6,9,11,14H,7-8H2,1H3,(H,15,16)/t9-,11+,13-/m0/s1. The van der Waals surface area contributed by atoms with E-state index in [0.29, 0.717) is 12.8 Å². The minimum atomic E-state index is -0.916. The van der Waals surface area contributed by atoms with Crippen molar-refractivity contribution in [1.29, 1.82) is 0 Å². The highest BCUT2D eigenvalue weighted by Gasteiger charge is 2.52.